The molecule has 2 aromatic rings. The minimum Gasteiger partial charge on any atom is -0.402 e. The van der Waals surface area contributed by atoms with Gasteiger partial charge in [0.25, 0.3) is 0 Å². The fourth-order valence-electron chi connectivity index (χ4n) is 1.68. The minimum atomic E-state index is -4.74. The van der Waals surface area contributed by atoms with Crippen molar-refractivity contribution in [1.29, 1.82) is 0 Å². The molecule has 0 radical (unpaired) electrons. The average Bonchev–Trinajstić information content (AvgIpc) is 2.61. The second-order valence-electron chi connectivity index (χ2n) is 3.72. The zero-order valence-electron chi connectivity index (χ0n) is 9.50. The molecule has 0 amide bonds. The summed E-state index contributed by atoms with van der Waals surface area (Å²) in [6.07, 6.45) is 1.20. The summed E-state index contributed by atoms with van der Waals surface area (Å²) in [5.41, 5.74) is 0.407. The van der Waals surface area contributed by atoms with Crippen molar-refractivity contribution in [2.75, 3.05) is 0 Å². The number of rotatable bonds is 2. The third kappa shape index (κ3) is 2.85. The molecule has 0 spiro atoms. The van der Waals surface area contributed by atoms with Crippen molar-refractivity contribution in [2.24, 2.45) is 0 Å². The van der Waals surface area contributed by atoms with Gasteiger partial charge in [-0.15, -0.1) is 0 Å². The average molecular weight is 369 g/mol. The number of carbonyl (C=O) groups is 1. The Morgan fingerprint density at radius 1 is 1.47 bits per heavy atom. The van der Waals surface area contributed by atoms with E-state index in [4.69, 9.17) is 21.4 Å². The second-order valence-corrected chi connectivity index (χ2v) is 6.12. The Kier molecular flexibility index (Phi) is 3.77. The summed E-state index contributed by atoms with van der Waals surface area (Å²) in [6.45, 7) is 1.32. The van der Waals surface area contributed by atoms with Gasteiger partial charge >= 0.3 is 7.82 Å². The number of benzene rings is 1. The first-order valence-corrected chi connectivity index (χ1v) is 7.66. The third-order valence-electron chi connectivity index (χ3n) is 2.38. The molecule has 1 aromatic carbocycles. The van der Waals surface area contributed by atoms with Crippen LogP contribution in [0.5, 0.6) is 5.75 Å². The van der Waals surface area contributed by atoms with Crippen LogP contribution in [0.1, 0.15) is 11.7 Å². The number of phosphoric ester groups is 1. The number of phosphoric acid groups is 1. The highest BCUT2D eigenvalue weighted by atomic mass is 79.9. The van der Waals surface area contributed by atoms with Crippen LogP contribution in [0.15, 0.2) is 22.8 Å². The molecule has 0 aliphatic heterocycles. The topological polar surface area (TPSA) is 88.8 Å². The Morgan fingerprint density at radius 3 is 2.63 bits per heavy atom. The molecule has 0 unspecified atom stereocenters. The van der Waals surface area contributed by atoms with Crippen LogP contribution in [0.25, 0.3) is 10.9 Å². The van der Waals surface area contributed by atoms with E-state index in [1.807, 2.05) is 0 Å². The van der Waals surface area contributed by atoms with Gasteiger partial charge in [-0.25, -0.2) is 4.57 Å². The summed E-state index contributed by atoms with van der Waals surface area (Å²) >= 11 is 9.27. The van der Waals surface area contributed by atoms with Gasteiger partial charge in [-0.3, -0.25) is 19.1 Å². The van der Waals surface area contributed by atoms with E-state index in [2.05, 4.69) is 20.5 Å². The Hall–Kier alpha value is -0.850. The summed E-state index contributed by atoms with van der Waals surface area (Å²) < 4.78 is 17.2. The van der Waals surface area contributed by atoms with Crippen LogP contribution in [0.4, 0.5) is 0 Å². The third-order valence-corrected chi connectivity index (χ3v) is 4.10. The van der Waals surface area contributed by atoms with Gasteiger partial charge in [0.05, 0.1) is 22.1 Å². The molecule has 0 aliphatic rings. The van der Waals surface area contributed by atoms with Crippen molar-refractivity contribution in [3.05, 3.63) is 27.8 Å². The van der Waals surface area contributed by atoms with Crippen LogP contribution in [-0.2, 0) is 4.57 Å². The molecule has 6 nitrogen and oxygen atoms in total. The first-order valence-electron chi connectivity index (χ1n) is 4.96. The summed E-state index contributed by atoms with van der Waals surface area (Å²) in [5, 5.41) is 0.468. The van der Waals surface area contributed by atoms with Gasteiger partial charge in [0, 0.05) is 11.4 Å². The van der Waals surface area contributed by atoms with Crippen LogP contribution < -0.4 is 4.52 Å². The largest absolute Gasteiger partial charge is 0.524 e. The standard InChI is InChI=1S/C10H8BrClNO5P/c1-5(14)13-4-8(18-19(15,16)17)9-7(13)3-2-6(11)10(9)12/h2-4H,1H3,(H2,15,16,17). The molecule has 1 aromatic heterocycles. The van der Waals surface area contributed by atoms with Crippen molar-refractivity contribution in [3.63, 3.8) is 0 Å². The highest BCUT2D eigenvalue weighted by Crippen LogP contribution is 2.45. The lowest BCUT2D eigenvalue weighted by atomic mass is 10.2. The number of fused-ring (bicyclic) bond motifs is 1. The molecule has 2 rings (SSSR count). The van der Waals surface area contributed by atoms with Crippen LogP contribution in [-0.4, -0.2) is 20.3 Å². The molecular weight excluding hydrogens is 360 g/mol. The monoisotopic (exact) mass is 367 g/mol. The Morgan fingerprint density at radius 2 is 2.11 bits per heavy atom. The van der Waals surface area contributed by atoms with Crippen molar-refractivity contribution in [2.45, 2.75) is 6.92 Å². The molecular formula is C10H8BrClNO5P. The van der Waals surface area contributed by atoms with E-state index in [0.29, 0.717) is 9.99 Å². The van der Waals surface area contributed by atoms with Crippen molar-refractivity contribution in [1.82, 2.24) is 4.57 Å². The maximum absolute atomic E-state index is 11.5. The van der Waals surface area contributed by atoms with Crippen LogP contribution in [0.3, 0.4) is 0 Å². The summed E-state index contributed by atoms with van der Waals surface area (Å²) in [6, 6.07) is 3.23. The fourth-order valence-corrected chi connectivity index (χ4v) is 2.66. The Balaban J connectivity index is 2.80. The zero-order chi connectivity index (χ0) is 14.4. The maximum Gasteiger partial charge on any atom is 0.524 e. The predicted molar refractivity (Wildman–Crippen MR) is 73.6 cm³/mol. The number of carbonyl (C=O) groups excluding carboxylic acids is 1. The zero-order valence-corrected chi connectivity index (χ0v) is 12.7. The van der Waals surface area contributed by atoms with Crippen molar-refractivity contribution < 1.29 is 23.7 Å². The van der Waals surface area contributed by atoms with Gasteiger partial charge in [0.1, 0.15) is 0 Å². The Bertz CT molecular complexity index is 722. The lowest BCUT2D eigenvalue weighted by Crippen LogP contribution is -2.02. The number of hydrogen-bond acceptors (Lipinski definition) is 3. The van der Waals surface area contributed by atoms with E-state index in [1.54, 1.807) is 12.1 Å². The lowest BCUT2D eigenvalue weighted by Gasteiger charge is -2.06. The molecule has 102 valence electrons. The molecule has 0 saturated heterocycles. The van der Waals surface area contributed by atoms with Crippen LogP contribution in [0, 0.1) is 0 Å². The van der Waals surface area contributed by atoms with E-state index >= 15 is 0 Å². The number of hydrogen-bond donors (Lipinski definition) is 2. The molecule has 0 saturated carbocycles. The van der Waals surface area contributed by atoms with E-state index in [1.165, 1.54) is 17.7 Å². The van der Waals surface area contributed by atoms with Gasteiger partial charge in [0.15, 0.2) is 5.75 Å². The van der Waals surface area contributed by atoms with E-state index in [-0.39, 0.29) is 22.1 Å². The first kappa shape index (κ1) is 14.6. The number of aromatic nitrogens is 1. The molecule has 1 heterocycles. The predicted octanol–water partition coefficient (Wildman–Crippen LogP) is 3.19. The van der Waals surface area contributed by atoms with Gasteiger partial charge in [-0.2, -0.15) is 0 Å². The van der Waals surface area contributed by atoms with Crippen molar-refractivity contribution in [3.8, 4) is 5.75 Å². The number of nitrogens with zero attached hydrogens (tertiary/aromatic N) is 1. The molecule has 0 fully saturated rings. The van der Waals surface area contributed by atoms with Crippen LogP contribution >= 0.6 is 35.4 Å². The summed E-state index contributed by atoms with van der Waals surface area (Å²) in [4.78, 5) is 29.3. The van der Waals surface area contributed by atoms with E-state index in [0.717, 1.165) is 0 Å². The van der Waals surface area contributed by atoms with Gasteiger partial charge in [0.2, 0.25) is 5.91 Å². The molecule has 0 atom stereocenters. The normalized spacial score (nSPS) is 11.8. The van der Waals surface area contributed by atoms with Gasteiger partial charge < -0.3 is 4.52 Å². The quantitative estimate of drug-likeness (QED) is 0.795. The van der Waals surface area contributed by atoms with E-state index < -0.39 is 7.82 Å². The maximum atomic E-state index is 11.5. The summed E-state index contributed by atoms with van der Waals surface area (Å²) in [7, 11) is -4.74. The van der Waals surface area contributed by atoms with Gasteiger partial charge in [-0.1, -0.05) is 11.6 Å². The molecule has 19 heavy (non-hydrogen) atoms. The second kappa shape index (κ2) is 4.92. The Labute approximate surface area is 121 Å². The molecule has 0 aliphatic carbocycles. The van der Waals surface area contributed by atoms with Crippen LogP contribution in [0.2, 0.25) is 5.02 Å². The highest BCUT2D eigenvalue weighted by molar-refractivity contribution is 9.10. The first-order chi connectivity index (χ1) is 8.70. The lowest BCUT2D eigenvalue weighted by molar-refractivity contribution is 0.0941. The molecule has 0 bridgehead atoms. The number of halogens is 2. The van der Waals surface area contributed by atoms with E-state index in [9.17, 15) is 9.36 Å². The molecule has 9 heteroatoms. The molecule has 2 N–H and O–H groups in total. The fraction of sp³-hybridized carbons (Fsp3) is 0.100. The SMILES string of the molecule is CC(=O)n1cc(OP(=O)(O)O)c2c(Cl)c(Br)ccc21. The highest BCUT2D eigenvalue weighted by Gasteiger charge is 2.23. The summed E-state index contributed by atoms with van der Waals surface area (Å²) in [5.74, 6) is -0.478. The minimum absolute atomic E-state index is 0.148. The van der Waals surface area contributed by atoms with Gasteiger partial charge in [-0.05, 0) is 28.1 Å². The smallest absolute Gasteiger partial charge is 0.402 e. The van der Waals surface area contributed by atoms with Crippen molar-refractivity contribution >= 4 is 52.2 Å².